The summed E-state index contributed by atoms with van der Waals surface area (Å²) in [5, 5.41) is 0.354. The summed E-state index contributed by atoms with van der Waals surface area (Å²) in [5.41, 5.74) is 1.14. The fraction of sp³-hybridized carbons (Fsp3) is 0.200. The molecular formula is C20H18O6. The van der Waals surface area contributed by atoms with Crippen LogP contribution in [0.1, 0.15) is 12.5 Å². The second kappa shape index (κ2) is 7.31. The summed E-state index contributed by atoms with van der Waals surface area (Å²) in [6, 6.07) is 12.1. The van der Waals surface area contributed by atoms with Crippen LogP contribution in [0, 0.1) is 6.92 Å². The van der Waals surface area contributed by atoms with E-state index in [9.17, 15) is 9.59 Å². The van der Waals surface area contributed by atoms with Crippen molar-refractivity contribution in [2.24, 2.45) is 0 Å². The molecule has 0 saturated carbocycles. The number of rotatable bonds is 5. The molecule has 0 bridgehead atoms. The number of benzene rings is 2. The molecule has 0 radical (unpaired) electrons. The van der Waals surface area contributed by atoms with Gasteiger partial charge in [-0.15, -0.1) is 0 Å². The molecule has 0 unspecified atom stereocenters. The van der Waals surface area contributed by atoms with E-state index in [-0.39, 0.29) is 11.2 Å². The van der Waals surface area contributed by atoms with Crippen LogP contribution in [0.3, 0.4) is 0 Å². The first-order valence-electron chi connectivity index (χ1n) is 8.02. The quantitative estimate of drug-likeness (QED) is 0.648. The summed E-state index contributed by atoms with van der Waals surface area (Å²) in [6.45, 7) is 3.54. The van der Waals surface area contributed by atoms with E-state index in [1.54, 1.807) is 37.3 Å². The van der Waals surface area contributed by atoms with Crippen molar-refractivity contribution >= 4 is 16.9 Å². The number of carbonyl (C=O) groups excluding carboxylic acids is 1. The third kappa shape index (κ3) is 3.69. The van der Waals surface area contributed by atoms with Crippen molar-refractivity contribution in [2.75, 3.05) is 7.11 Å². The van der Waals surface area contributed by atoms with Crippen molar-refractivity contribution in [1.29, 1.82) is 0 Å². The number of esters is 1. The van der Waals surface area contributed by atoms with Gasteiger partial charge >= 0.3 is 5.97 Å². The first-order valence-corrected chi connectivity index (χ1v) is 8.02. The van der Waals surface area contributed by atoms with Crippen molar-refractivity contribution in [3.05, 3.63) is 64.5 Å². The normalized spacial score (nSPS) is 11.8. The highest BCUT2D eigenvalue weighted by Gasteiger charge is 2.16. The number of aryl methyl sites for hydroxylation is 1. The highest BCUT2D eigenvalue weighted by molar-refractivity contribution is 5.79. The number of hydrogen-bond donors (Lipinski definition) is 0. The lowest BCUT2D eigenvalue weighted by atomic mass is 10.2. The number of ether oxygens (including phenoxy) is 3. The number of hydrogen-bond acceptors (Lipinski definition) is 6. The van der Waals surface area contributed by atoms with Gasteiger partial charge in [0.1, 0.15) is 23.3 Å². The minimum Gasteiger partial charge on any atom is -0.479 e. The van der Waals surface area contributed by atoms with Gasteiger partial charge in [0.2, 0.25) is 11.2 Å². The van der Waals surface area contributed by atoms with E-state index in [4.69, 9.17) is 13.9 Å². The molecule has 1 heterocycles. The lowest BCUT2D eigenvalue weighted by molar-refractivity contribution is -0.147. The Morgan fingerprint density at radius 1 is 1.08 bits per heavy atom. The number of carbonyl (C=O) groups is 1. The van der Waals surface area contributed by atoms with Gasteiger partial charge in [-0.3, -0.25) is 4.79 Å². The minimum atomic E-state index is -0.770. The molecule has 3 rings (SSSR count). The van der Waals surface area contributed by atoms with Crippen LogP contribution < -0.4 is 14.9 Å². The molecule has 2 aromatic carbocycles. The van der Waals surface area contributed by atoms with Gasteiger partial charge in [0.15, 0.2) is 6.10 Å². The average Bonchev–Trinajstić information content (AvgIpc) is 2.65. The summed E-state index contributed by atoms with van der Waals surface area (Å²) in [6.07, 6.45) is 0.492. The molecule has 0 amide bonds. The van der Waals surface area contributed by atoms with E-state index in [0.717, 1.165) is 5.56 Å². The molecule has 3 aromatic rings. The summed E-state index contributed by atoms with van der Waals surface area (Å²) in [5.74, 6) is 0.547. The van der Waals surface area contributed by atoms with Crippen molar-refractivity contribution in [1.82, 2.24) is 0 Å². The van der Waals surface area contributed by atoms with Crippen LogP contribution in [-0.2, 0) is 9.53 Å². The van der Waals surface area contributed by atoms with Gasteiger partial charge in [-0.05, 0) is 38.1 Å². The Morgan fingerprint density at radius 3 is 2.46 bits per heavy atom. The monoisotopic (exact) mass is 354 g/mol. The highest BCUT2D eigenvalue weighted by Crippen LogP contribution is 2.24. The zero-order chi connectivity index (χ0) is 18.7. The summed E-state index contributed by atoms with van der Waals surface area (Å²) >= 11 is 0. The second-order valence-corrected chi connectivity index (χ2v) is 5.79. The Hall–Kier alpha value is -3.28. The Labute approximate surface area is 149 Å². The van der Waals surface area contributed by atoms with E-state index in [0.29, 0.717) is 22.5 Å². The van der Waals surface area contributed by atoms with Crippen LogP contribution in [0.2, 0.25) is 0 Å². The summed E-state index contributed by atoms with van der Waals surface area (Å²) < 4.78 is 21.2. The molecular weight excluding hydrogens is 336 g/mol. The Bertz CT molecular complexity index is 987. The fourth-order valence-corrected chi connectivity index (χ4v) is 2.39. The Morgan fingerprint density at radius 2 is 1.77 bits per heavy atom. The fourth-order valence-electron chi connectivity index (χ4n) is 2.39. The van der Waals surface area contributed by atoms with Crippen molar-refractivity contribution in [2.45, 2.75) is 20.0 Å². The van der Waals surface area contributed by atoms with Gasteiger partial charge in [0, 0.05) is 6.07 Å². The SMILES string of the molecule is COC(=O)[C@@H](C)Oc1ccc2c(=O)c(Oc3ccc(C)cc3)coc2c1. The lowest BCUT2D eigenvalue weighted by Gasteiger charge is -2.12. The molecule has 0 saturated heterocycles. The molecule has 134 valence electrons. The maximum absolute atomic E-state index is 12.6. The van der Waals surface area contributed by atoms with Gasteiger partial charge in [-0.2, -0.15) is 0 Å². The van der Waals surface area contributed by atoms with E-state index in [2.05, 4.69) is 4.74 Å². The van der Waals surface area contributed by atoms with E-state index < -0.39 is 12.1 Å². The predicted molar refractivity (Wildman–Crippen MR) is 95.8 cm³/mol. The first-order chi connectivity index (χ1) is 12.5. The molecule has 6 heteroatoms. The summed E-state index contributed by atoms with van der Waals surface area (Å²) in [4.78, 5) is 24.0. The van der Waals surface area contributed by atoms with Gasteiger partial charge in [0.25, 0.3) is 0 Å². The Kier molecular flexibility index (Phi) is 4.93. The van der Waals surface area contributed by atoms with Crippen LogP contribution in [0.25, 0.3) is 11.0 Å². The van der Waals surface area contributed by atoms with Crippen molar-refractivity contribution in [3.63, 3.8) is 0 Å². The van der Waals surface area contributed by atoms with Crippen molar-refractivity contribution < 1.29 is 23.4 Å². The standard InChI is InChI=1S/C20H18O6/c1-12-4-6-14(7-5-12)26-18-11-24-17-10-15(8-9-16(17)19(18)21)25-13(2)20(22)23-3/h4-11,13H,1-3H3/t13-/m1/s1. The molecule has 1 atom stereocenters. The lowest BCUT2D eigenvalue weighted by Crippen LogP contribution is -2.24. The molecule has 6 nitrogen and oxygen atoms in total. The number of methoxy groups -OCH3 is 1. The zero-order valence-electron chi connectivity index (χ0n) is 14.6. The molecule has 0 aliphatic heterocycles. The molecule has 1 aromatic heterocycles. The minimum absolute atomic E-state index is 0.0953. The van der Waals surface area contributed by atoms with Gasteiger partial charge in [-0.25, -0.2) is 4.79 Å². The maximum atomic E-state index is 12.6. The topological polar surface area (TPSA) is 75.0 Å². The summed E-state index contributed by atoms with van der Waals surface area (Å²) in [7, 11) is 1.29. The highest BCUT2D eigenvalue weighted by atomic mass is 16.6. The Balaban J connectivity index is 1.87. The largest absolute Gasteiger partial charge is 0.479 e. The zero-order valence-corrected chi connectivity index (χ0v) is 14.6. The van der Waals surface area contributed by atoms with Crippen LogP contribution in [0.5, 0.6) is 17.2 Å². The van der Waals surface area contributed by atoms with Crippen LogP contribution in [0.4, 0.5) is 0 Å². The van der Waals surface area contributed by atoms with E-state index in [1.807, 2.05) is 19.1 Å². The molecule has 26 heavy (non-hydrogen) atoms. The maximum Gasteiger partial charge on any atom is 0.346 e. The molecule has 0 spiro atoms. The van der Waals surface area contributed by atoms with E-state index >= 15 is 0 Å². The molecule has 0 fully saturated rings. The average molecular weight is 354 g/mol. The third-order valence-corrected chi connectivity index (χ3v) is 3.81. The van der Waals surface area contributed by atoms with Crippen LogP contribution in [-0.4, -0.2) is 19.2 Å². The number of fused-ring (bicyclic) bond motifs is 1. The van der Waals surface area contributed by atoms with E-state index in [1.165, 1.54) is 13.4 Å². The van der Waals surface area contributed by atoms with Crippen molar-refractivity contribution in [3.8, 4) is 17.2 Å². The van der Waals surface area contributed by atoms with Gasteiger partial charge < -0.3 is 18.6 Å². The molecule has 0 aliphatic carbocycles. The molecule has 0 N–H and O–H groups in total. The van der Waals surface area contributed by atoms with Gasteiger partial charge in [-0.1, -0.05) is 17.7 Å². The molecule has 0 aliphatic rings. The smallest absolute Gasteiger partial charge is 0.346 e. The predicted octanol–water partition coefficient (Wildman–Crippen LogP) is 3.83. The van der Waals surface area contributed by atoms with Gasteiger partial charge in [0.05, 0.1) is 12.5 Å². The third-order valence-electron chi connectivity index (χ3n) is 3.81. The first kappa shape index (κ1) is 17.5. The van der Waals surface area contributed by atoms with Crippen LogP contribution in [0.15, 0.2) is 57.9 Å². The van der Waals surface area contributed by atoms with Crippen LogP contribution >= 0.6 is 0 Å². The second-order valence-electron chi connectivity index (χ2n) is 5.79.